The van der Waals surface area contributed by atoms with Crippen molar-refractivity contribution in [1.29, 1.82) is 0 Å². The molecule has 3 rings (SSSR count). The summed E-state index contributed by atoms with van der Waals surface area (Å²) in [4.78, 5) is 15.5. The van der Waals surface area contributed by atoms with Gasteiger partial charge in [0.25, 0.3) is 0 Å². The number of nitro benzene ring substituents is 1. The van der Waals surface area contributed by atoms with E-state index < -0.39 is 18.7 Å². The van der Waals surface area contributed by atoms with E-state index in [1.807, 2.05) is 31.2 Å². The number of aromatic nitrogens is 1. The predicted molar refractivity (Wildman–Crippen MR) is 148 cm³/mol. The van der Waals surface area contributed by atoms with E-state index >= 15 is 0 Å². The summed E-state index contributed by atoms with van der Waals surface area (Å²) in [7, 11) is -3.37. The fourth-order valence-corrected chi connectivity index (χ4v) is 5.92. The molecule has 9 nitrogen and oxygen atoms in total. The standard InChI is InChI=1S/C24H27Br2N4O5P/c1-17-3-5-19(6-4-17)22-9-8-21(16-27-22)34-24-15-20(7-10-23(24)30(31)32)18(2)35-36(33,28-13-11-25)29-14-12-26/h3-10,15-16,18H,11-14H2,1-2H3,(H2,28,29,33). The van der Waals surface area contributed by atoms with Crippen LogP contribution in [0.3, 0.4) is 0 Å². The molecule has 1 unspecified atom stereocenters. The Morgan fingerprint density at radius 2 is 1.72 bits per heavy atom. The molecule has 12 heteroatoms. The number of aryl methyl sites for hydroxylation is 1. The van der Waals surface area contributed by atoms with Crippen molar-refractivity contribution in [1.82, 2.24) is 15.2 Å². The molecule has 0 aliphatic heterocycles. The van der Waals surface area contributed by atoms with Gasteiger partial charge in [-0.2, -0.15) is 0 Å². The number of alkyl halides is 2. The fraction of sp³-hybridized carbons (Fsp3) is 0.292. The molecule has 1 heterocycles. The topological polar surface area (TPSA) is 116 Å². The van der Waals surface area contributed by atoms with Crippen LogP contribution in [0.5, 0.6) is 11.5 Å². The smallest absolute Gasteiger partial charge is 0.341 e. The molecule has 0 saturated carbocycles. The summed E-state index contributed by atoms with van der Waals surface area (Å²) in [6.07, 6.45) is 0.875. The Labute approximate surface area is 227 Å². The number of benzene rings is 2. The lowest BCUT2D eigenvalue weighted by Crippen LogP contribution is -2.27. The van der Waals surface area contributed by atoms with Gasteiger partial charge in [-0.25, -0.2) is 10.2 Å². The third-order valence-corrected chi connectivity index (χ3v) is 7.78. The average molecular weight is 642 g/mol. The van der Waals surface area contributed by atoms with Crippen LogP contribution >= 0.6 is 39.5 Å². The monoisotopic (exact) mass is 640 g/mol. The highest BCUT2D eigenvalue weighted by Gasteiger charge is 2.27. The van der Waals surface area contributed by atoms with Crippen LogP contribution in [0.15, 0.2) is 60.8 Å². The number of nitrogens with one attached hydrogen (secondary N) is 2. The van der Waals surface area contributed by atoms with Gasteiger partial charge in [0.05, 0.1) is 22.9 Å². The first kappa shape index (κ1) is 28.4. The SMILES string of the molecule is Cc1ccc(-c2ccc(Oc3cc(C(C)OP(=O)(NCCBr)NCCBr)ccc3[N+](=O)[O-])cn2)cc1. The molecule has 0 fully saturated rings. The van der Waals surface area contributed by atoms with Crippen LogP contribution in [0.4, 0.5) is 5.69 Å². The highest BCUT2D eigenvalue weighted by Crippen LogP contribution is 2.44. The first-order valence-electron chi connectivity index (χ1n) is 11.1. The summed E-state index contributed by atoms with van der Waals surface area (Å²) < 4.78 is 24.9. The van der Waals surface area contributed by atoms with E-state index in [1.165, 1.54) is 18.3 Å². The summed E-state index contributed by atoms with van der Waals surface area (Å²) in [5.41, 5.74) is 3.24. The third-order valence-electron chi connectivity index (χ3n) is 5.10. The van der Waals surface area contributed by atoms with Crippen LogP contribution in [0.2, 0.25) is 0 Å². The summed E-state index contributed by atoms with van der Waals surface area (Å²) >= 11 is 6.61. The Morgan fingerprint density at radius 1 is 1.06 bits per heavy atom. The van der Waals surface area contributed by atoms with Gasteiger partial charge in [-0.15, -0.1) is 0 Å². The minimum Gasteiger partial charge on any atom is -0.448 e. The third kappa shape index (κ3) is 7.93. The van der Waals surface area contributed by atoms with Crippen LogP contribution in [-0.2, 0) is 9.09 Å². The minimum absolute atomic E-state index is 0.0366. The molecule has 0 aliphatic rings. The first-order chi connectivity index (χ1) is 17.2. The second kappa shape index (κ2) is 13.4. The van der Waals surface area contributed by atoms with Crippen molar-refractivity contribution in [3.8, 4) is 22.8 Å². The maximum Gasteiger partial charge on any atom is 0.341 e. The van der Waals surface area contributed by atoms with Gasteiger partial charge in [-0.3, -0.25) is 24.2 Å². The molecule has 36 heavy (non-hydrogen) atoms. The Balaban J connectivity index is 1.82. The first-order valence-corrected chi connectivity index (χ1v) is 15.0. The van der Waals surface area contributed by atoms with Crippen molar-refractivity contribution >= 4 is 45.2 Å². The van der Waals surface area contributed by atoms with Gasteiger partial charge in [-0.1, -0.05) is 61.7 Å². The molecule has 1 aromatic heterocycles. The van der Waals surface area contributed by atoms with Crippen molar-refractivity contribution in [2.75, 3.05) is 23.7 Å². The molecule has 0 spiro atoms. The second-order valence-corrected chi connectivity index (χ2v) is 11.4. The molecule has 1 atom stereocenters. The number of hydrogen-bond acceptors (Lipinski definition) is 6. The normalized spacial score (nSPS) is 12.3. The Kier molecular flexibility index (Phi) is 10.6. The maximum absolute atomic E-state index is 13.2. The lowest BCUT2D eigenvalue weighted by Gasteiger charge is -2.24. The number of hydrogen-bond donors (Lipinski definition) is 2. The summed E-state index contributed by atoms with van der Waals surface area (Å²) in [5, 5.41) is 18.6. The molecule has 0 bridgehead atoms. The Morgan fingerprint density at radius 3 is 2.28 bits per heavy atom. The van der Waals surface area contributed by atoms with Gasteiger partial charge in [0.15, 0.2) is 0 Å². The van der Waals surface area contributed by atoms with Gasteiger partial charge >= 0.3 is 13.4 Å². The van der Waals surface area contributed by atoms with E-state index in [1.54, 1.807) is 25.1 Å². The molecule has 2 aromatic carbocycles. The summed E-state index contributed by atoms with van der Waals surface area (Å²) in [6.45, 7) is 4.60. The van der Waals surface area contributed by atoms with Crippen LogP contribution in [0.25, 0.3) is 11.3 Å². The maximum atomic E-state index is 13.2. The zero-order valence-electron chi connectivity index (χ0n) is 19.8. The predicted octanol–water partition coefficient (Wildman–Crippen LogP) is 6.91. The second-order valence-electron chi connectivity index (χ2n) is 7.82. The van der Waals surface area contributed by atoms with Crippen LogP contribution in [0.1, 0.15) is 24.2 Å². The van der Waals surface area contributed by atoms with E-state index in [9.17, 15) is 14.7 Å². The highest BCUT2D eigenvalue weighted by atomic mass is 79.9. The number of pyridine rings is 1. The fourth-order valence-electron chi connectivity index (χ4n) is 3.27. The molecular weight excluding hydrogens is 615 g/mol. The number of nitro groups is 1. The lowest BCUT2D eigenvalue weighted by atomic mass is 10.1. The minimum atomic E-state index is -3.37. The van der Waals surface area contributed by atoms with Crippen molar-refractivity contribution in [2.45, 2.75) is 20.0 Å². The Bertz CT molecular complexity index is 1200. The lowest BCUT2D eigenvalue weighted by molar-refractivity contribution is -0.385. The van der Waals surface area contributed by atoms with Crippen LogP contribution in [0, 0.1) is 17.0 Å². The van der Waals surface area contributed by atoms with Crippen LogP contribution in [-0.4, -0.2) is 33.7 Å². The van der Waals surface area contributed by atoms with Crippen molar-refractivity contribution in [3.05, 3.63) is 82.0 Å². The largest absolute Gasteiger partial charge is 0.448 e. The molecule has 0 amide bonds. The van der Waals surface area contributed by atoms with Gasteiger partial charge in [0.2, 0.25) is 5.75 Å². The van der Waals surface area contributed by atoms with E-state index in [2.05, 4.69) is 47.0 Å². The quantitative estimate of drug-likeness (QED) is 0.0895. The number of rotatable bonds is 13. The van der Waals surface area contributed by atoms with E-state index in [4.69, 9.17) is 9.26 Å². The van der Waals surface area contributed by atoms with Gasteiger partial charge in [0, 0.05) is 35.4 Å². The molecule has 3 aromatic rings. The highest BCUT2D eigenvalue weighted by molar-refractivity contribution is 9.09. The number of ether oxygens (including phenoxy) is 1. The number of nitrogens with zero attached hydrogens (tertiary/aromatic N) is 2. The van der Waals surface area contributed by atoms with Gasteiger partial charge < -0.3 is 4.74 Å². The van der Waals surface area contributed by atoms with Gasteiger partial charge in [-0.05, 0) is 43.7 Å². The van der Waals surface area contributed by atoms with Crippen molar-refractivity contribution in [3.63, 3.8) is 0 Å². The van der Waals surface area contributed by atoms with E-state index in [0.29, 0.717) is 35.1 Å². The molecule has 2 N–H and O–H groups in total. The molecule has 0 aliphatic carbocycles. The van der Waals surface area contributed by atoms with E-state index in [0.717, 1.165) is 16.8 Å². The van der Waals surface area contributed by atoms with Crippen molar-refractivity contribution in [2.24, 2.45) is 0 Å². The van der Waals surface area contributed by atoms with Crippen molar-refractivity contribution < 1.29 is 18.7 Å². The zero-order chi connectivity index (χ0) is 26.1. The van der Waals surface area contributed by atoms with Gasteiger partial charge in [0.1, 0.15) is 5.75 Å². The molecule has 192 valence electrons. The summed E-state index contributed by atoms with van der Waals surface area (Å²) in [5.74, 6) is 0.387. The molecule has 0 radical (unpaired) electrons. The van der Waals surface area contributed by atoms with Crippen LogP contribution < -0.4 is 14.9 Å². The summed E-state index contributed by atoms with van der Waals surface area (Å²) in [6, 6.07) is 15.9. The zero-order valence-corrected chi connectivity index (χ0v) is 23.9. The molecule has 0 saturated heterocycles. The van der Waals surface area contributed by atoms with E-state index in [-0.39, 0.29) is 11.4 Å². The number of halogens is 2. The molecular formula is C24H27Br2N4O5P. The Hall–Kier alpha value is -2.14. The average Bonchev–Trinajstić information content (AvgIpc) is 2.87.